The van der Waals surface area contributed by atoms with Crippen molar-refractivity contribution in [3.05, 3.63) is 28.5 Å². The highest BCUT2D eigenvalue weighted by Crippen LogP contribution is 2.30. The second-order valence-corrected chi connectivity index (χ2v) is 7.51. The van der Waals surface area contributed by atoms with Crippen LogP contribution in [0.2, 0.25) is 0 Å². The van der Waals surface area contributed by atoms with Gasteiger partial charge in [-0.15, -0.1) is 0 Å². The third-order valence-corrected chi connectivity index (χ3v) is 5.43. The number of imidazole rings is 1. The summed E-state index contributed by atoms with van der Waals surface area (Å²) in [5.41, 5.74) is 6.40. The topological polar surface area (TPSA) is 80.1 Å². The maximum Gasteiger partial charge on any atom is 0.205 e. The lowest BCUT2D eigenvalue weighted by atomic mass is 10.1. The molecule has 9 heteroatoms. The summed E-state index contributed by atoms with van der Waals surface area (Å²) in [6.07, 6.45) is 1.74. The molecule has 3 N–H and O–H groups in total. The first-order chi connectivity index (χ1) is 11.6. The van der Waals surface area contributed by atoms with E-state index in [-0.39, 0.29) is 11.9 Å². The molecular formula is C15H15BrFN5OS. The van der Waals surface area contributed by atoms with Crippen molar-refractivity contribution in [2.75, 3.05) is 23.7 Å². The third kappa shape index (κ3) is 3.05. The maximum absolute atomic E-state index is 13.3. The number of halogens is 2. The van der Waals surface area contributed by atoms with Gasteiger partial charge in [-0.25, -0.2) is 9.37 Å². The lowest BCUT2D eigenvalue weighted by Crippen LogP contribution is -2.38. The molecule has 4 rings (SSSR count). The number of hydrogen-bond acceptors (Lipinski definition) is 6. The largest absolute Gasteiger partial charge is 0.489 e. The number of H-pyrrole nitrogens is 1. The molecule has 0 bridgehead atoms. The molecule has 0 saturated carbocycles. The predicted molar refractivity (Wildman–Crippen MR) is 96.1 cm³/mol. The third-order valence-electron chi connectivity index (χ3n) is 3.99. The van der Waals surface area contributed by atoms with Crippen molar-refractivity contribution in [3.8, 4) is 5.75 Å². The summed E-state index contributed by atoms with van der Waals surface area (Å²) in [5, 5.41) is 0.517. The molecule has 1 aliphatic heterocycles. The Morgan fingerprint density at radius 3 is 2.88 bits per heavy atom. The smallest absolute Gasteiger partial charge is 0.205 e. The minimum Gasteiger partial charge on any atom is -0.489 e. The molecule has 126 valence electrons. The van der Waals surface area contributed by atoms with Crippen molar-refractivity contribution in [1.29, 1.82) is 0 Å². The molecule has 2 aromatic heterocycles. The first-order valence-corrected chi connectivity index (χ1v) is 9.18. The van der Waals surface area contributed by atoms with Crippen LogP contribution < -0.4 is 15.4 Å². The Morgan fingerprint density at radius 1 is 1.33 bits per heavy atom. The number of nitrogens with two attached hydrogens (primary N) is 1. The average molecular weight is 412 g/mol. The van der Waals surface area contributed by atoms with Gasteiger partial charge in [-0.1, -0.05) is 11.3 Å². The van der Waals surface area contributed by atoms with Crippen molar-refractivity contribution >= 4 is 48.8 Å². The number of piperidine rings is 1. The van der Waals surface area contributed by atoms with Gasteiger partial charge in [0, 0.05) is 32.0 Å². The van der Waals surface area contributed by atoms with Crippen LogP contribution in [0.15, 0.2) is 22.7 Å². The van der Waals surface area contributed by atoms with Crippen molar-refractivity contribution < 1.29 is 9.13 Å². The van der Waals surface area contributed by atoms with Crippen LogP contribution in [0.3, 0.4) is 0 Å². The van der Waals surface area contributed by atoms with Crippen molar-refractivity contribution in [3.63, 3.8) is 0 Å². The molecule has 0 radical (unpaired) electrons. The molecular weight excluding hydrogens is 397 g/mol. The number of ether oxygens (including phenoxy) is 1. The number of thiazole rings is 1. The van der Waals surface area contributed by atoms with E-state index in [1.54, 1.807) is 6.07 Å². The lowest BCUT2D eigenvalue weighted by Gasteiger charge is -2.32. The number of nitrogens with one attached hydrogen (secondary N) is 1. The number of aromatic amines is 1. The van der Waals surface area contributed by atoms with E-state index in [2.05, 4.69) is 35.8 Å². The van der Waals surface area contributed by atoms with Gasteiger partial charge in [0.05, 0.1) is 4.47 Å². The van der Waals surface area contributed by atoms with Gasteiger partial charge in [0.25, 0.3) is 0 Å². The van der Waals surface area contributed by atoms with Crippen LogP contribution in [-0.4, -0.2) is 34.1 Å². The van der Waals surface area contributed by atoms with Crippen LogP contribution in [0, 0.1) is 5.82 Å². The molecule has 1 saturated heterocycles. The number of rotatable bonds is 3. The summed E-state index contributed by atoms with van der Waals surface area (Å²) >= 11 is 4.77. The number of fused-ring (bicyclic) bond motifs is 1. The van der Waals surface area contributed by atoms with Gasteiger partial charge in [0.1, 0.15) is 17.7 Å². The molecule has 6 nitrogen and oxygen atoms in total. The molecule has 0 spiro atoms. The van der Waals surface area contributed by atoms with Gasteiger partial charge in [-0.05, 0) is 28.1 Å². The molecule has 1 aromatic carbocycles. The lowest BCUT2D eigenvalue weighted by molar-refractivity contribution is 0.169. The fourth-order valence-corrected chi connectivity index (χ4v) is 3.80. The van der Waals surface area contributed by atoms with Gasteiger partial charge in [-0.2, -0.15) is 4.98 Å². The quantitative estimate of drug-likeness (QED) is 0.688. The summed E-state index contributed by atoms with van der Waals surface area (Å²) in [5.74, 6) is 1.06. The van der Waals surface area contributed by atoms with E-state index in [1.807, 2.05) is 0 Å². The van der Waals surface area contributed by atoms with Crippen molar-refractivity contribution in [1.82, 2.24) is 15.0 Å². The van der Waals surface area contributed by atoms with Gasteiger partial charge < -0.3 is 20.4 Å². The van der Waals surface area contributed by atoms with E-state index in [0.717, 1.165) is 46.8 Å². The summed E-state index contributed by atoms with van der Waals surface area (Å²) in [6.45, 7) is 1.63. The molecule has 3 heterocycles. The maximum atomic E-state index is 13.3. The standard InChI is InChI=1S/C15H15BrFN5OS/c16-10-2-1-8(17)7-11(10)23-9-3-5-22(6-4-9)15-20-12-13(21-15)24-14(18)19-12/h1-2,7,9H,3-6H2,(H2,18,19)(H,20,21). The van der Waals surface area contributed by atoms with Crippen LogP contribution >= 0.6 is 27.3 Å². The van der Waals surface area contributed by atoms with Gasteiger partial charge in [-0.3, -0.25) is 0 Å². The van der Waals surface area contributed by atoms with Crippen LogP contribution in [0.4, 0.5) is 15.5 Å². The SMILES string of the molecule is Nc1nc2[nH]c(N3CCC(Oc4cc(F)ccc4Br)CC3)nc2s1. The molecule has 1 aliphatic rings. The number of benzene rings is 1. The molecule has 0 atom stereocenters. The van der Waals surface area contributed by atoms with Crippen LogP contribution in [-0.2, 0) is 0 Å². The number of nitrogen functional groups attached to an aromatic ring is 1. The van der Waals surface area contributed by atoms with Gasteiger partial charge in [0.15, 0.2) is 15.6 Å². The minimum absolute atomic E-state index is 0.0594. The summed E-state index contributed by atoms with van der Waals surface area (Å²) in [7, 11) is 0. The molecule has 0 unspecified atom stereocenters. The Kier molecular flexibility index (Phi) is 4.05. The predicted octanol–water partition coefficient (Wildman–Crippen LogP) is 3.55. The van der Waals surface area contributed by atoms with E-state index in [1.165, 1.54) is 23.5 Å². The zero-order valence-electron chi connectivity index (χ0n) is 12.6. The Balaban J connectivity index is 1.41. The minimum atomic E-state index is -0.298. The van der Waals surface area contributed by atoms with Crippen molar-refractivity contribution in [2.24, 2.45) is 0 Å². The van der Waals surface area contributed by atoms with E-state index in [9.17, 15) is 4.39 Å². The molecule has 24 heavy (non-hydrogen) atoms. The second-order valence-electron chi connectivity index (χ2n) is 5.65. The van der Waals surface area contributed by atoms with E-state index in [4.69, 9.17) is 10.5 Å². The molecule has 3 aromatic rings. The average Bonchev–Trinajstić information content (AvgIpc) is 3.09. The summed E-state index contributed by atoms with van der Waals surface area (Å²) in [6, 6.07) is 4.48. The normalized spacial score (nSPS) is 16.0. The highest BCUT2D eigenvalue weighted by Gasteiger charge is 2.24. The molecule has 0 aliphatic carbocycles. The monoisotopic (exact) mass is 411 g/mol. The van der Waals surface area contributed by atoms with E-state index in [0.29, 0.717) is 10.9 Å². The van der Waals surface area contributed by atoms with Crippen LogP contribution in [0.5, 0.6) is 5.75 Å². The Labute approximate surface area is 150 Å². The fraction of sp³-hybridized carbons (Fsp3) is 0.333. The zero-order valence-corrected chi connectivity index (χ0v) is 15.0. The van der Waals surface area contributed by atoms with Crippen LogP contribution in [0.1, 0.15) is 12.8 Å². The van der Waals surface area contributed by atoms with Crippen molar-refractivity contribution in [2.45, 2.75) is 18.9 Å². The number of aromatic nitrogens is 3. The van der Waals surface area contributed by atoms with E-state index < -0.39 is 0 Å². The van der Waals surface area contributed by atoms with Crippen LogP contribution in [0.25, 0.3) is 10.5 Å². The zero-order chi connectivity index (χ0) is 16.7. The summed E-state index contributed by atoms with van der Waals surface area (Å²) in [4.78, 5) is 14.9. The Bertz CT molecular complexity index is 843. The highest BCUT2D eigenvalue weighted by molar-refractivity contribution is 9.10. The first kappa shape index (κ1) is 15.6. The molecule has 0 amide bonds. The first-order valence-electron chi connectivity index (χ1n) is 7.57. The number of hydrogen-bond donors (Lipinski definition) is 2. The van der Waals surface area contributed by atoms with E-state index >= 15 is 0 Å². The van der Waals surface area contributed by atoms with Gasteiger partial charge >= 0.3 is 0 Å². The second kappa shape index (κ2) is 6.21. The number of nitrogens with zero attached hydrogens (tertiary/aromatic N) is 3. The fourth-order valence-electron chi connectivity index (χ4n) is 2.80. The Hall–Kier alpha value is -1.87. The molecule has 1 fully saturated rings. The summed E-state index contributed by atoms with van der Waals surface area (Å²) < 4.78 is 20.1. The van der Waals surface area contributed by atoms with Gasteiger partial charge in [0.2, 0.25) is 5.95 Å². The highest BCUT2D eigenvalue weighted by atomic mass is 79.9. The Morgan fingerprint density at radius 2 is 2.12 bits per heavy atom. The number of anilines is 2.